The Bertz CT molecular complexity index is 570. The third-order valence-electron chi connectivity index (χ3n) is 6.18. The standard InChI is InChI=1S/C21H33N3O2/c1-22-15-16-23(12-6-9-19-7-4-3-5-8-19)18-21(22)10-13-24(14-11-21)20(25)17-26-2/h3-5,7-8H,6,9-18H2,1-2H3. The lowest BCUT2D eigenvalue weighted by atomic mass is 9.83. The SMILES string of the molecule is COCC(=O)N1CCC2(CC1)CN(CCCc1ccccc1)CCN2C. The Balaban J connectivity index is 1.49. The van der Waals surface area contributed by atoms with E-state index in [0.29, 0.717) is 0 Å². The minimum absolute atomic E-state index is 0.125. The van der Waals surface area contributed by atoms with E-state index >= 15 is 0 Å². The number of benzene rings is 1. The third kappa shape index (κ3) is 4.64. The van der Waals surface area contributed by atoms with Crippen molar-refractivity contribution < 1.29 is 9.53 Å². The van der Waals surface area contributed by atoms with Crippen molar-refractivity contribution >= 4 is 5.91 Å². The van der Waals surface area contributed by atoms with E-state index in [1.54, 1.807) is 7.11 Å². The van der Waals surface area contributed by atoms with Crippen molar-refractivity contribution in [2.24, 2.45) is 0 Å². The van der Waals surface area contributed by atoms with E-state index in [2.05, 4.69) is 47.2 Å². The zero-order valence-corrected chi connectivity index (χ0v) is 16.3. The summed E-state index contributed by atoms with van der Waals surface area (Å²) in [6.45, 7) is 6.47. The van der Waals surface area contributed by atoms with Crippen LogP contribution < -0.4 is 0 Å². The van der Waals surface area contributed by atoms with Crippen molar-refractivity contribution in [3.63, 3.8) is 0 Å². The molecule has 1 amide bonds. The van der Waals surface area contributed by atoms with Crippen LogP contribution in [-0.4, -0.2) is 86.2 Å². The van der Waals surface area contributed by atoms with Crippen LogP contribution in [-0.2, 0) is 16.0 Å². The van der Waals surface area contributed by atoms with Crippen molar-refractivity contribution in [2.45, 2.75) is 31.2 Å². The van der Waals surface area contributed by atoms with Gasteiger partial charge in [-0.25, -0.2) is 0 Å². The molecule has 1 aromatic carbocycles. The van der Waals surface area contributed by atoms with Crippen molar-refractivity contribution in [3.8, 4) is 0 Å². The number of amides is 1. The number of hydrogen-bond donors (Lipinski definition) is 0. The molecule has 0 N–H and O–H groups in total. The zero-order valence-electron chi connectivity index (χ0n) is 16.3. The largest absolute Gasteiger partial charge is 0.375 e. The number of piperidine rings is 1. The fraction of sp³-hybridized carbons (Fsp3) is 0.667. The molecule has 5 heteroatoms. The van der Waals surface area contributed by atoms with Crippen LogP contribution in [0.25, 0.3) is 0 Å². The molecule has 0 aliphatic carbocycles. The number of likely N-dealkylation sites (tertiary alicyclic amines) is 1. The van der Waals surface area contributed by atoms with Crippen molar-refractivity contribution in [3.05, 3.63) is 35.9 Å². The minimum atomic E-state index is 0.125. The molecule has 0 aromatic heterocycles. The van der Waals surface area contributed by atoms with E-state index in [1.807, 2.05) is 4.90 Å². The lowest BCUT2D eigenvalue weighted by molar-refractivity contribution is -0.138. The minimum Gasteiger partial charge on any atom is -0.375 e. The Morgan fingerprint density at radius 2 is 1.85 bits per heavy atom. The summed E-state index contributed by atoms with van der Waals surface area (Å²) in [5.41, 5.74) is 1.66. The van der Waals surface area contributed by atoms with Crippen LogP contribution in [0.1, 0.15) is 24.8 Å². The van der Waals surface area contributed by atoms with Gasteiger partial charge < -0.3 is 14.5 Å². The van der Waals surface area contributed by atoms with E-state index in [4.69, 9.17) is 4.74 Å². The Hall–Kier alpha value is -1.43. The number of aryl methyl sites for hydroxylation is 1. The number of methoxy groups -OCH3 is 1. The molecular weight excluding hydrogens is 326 g/mol. The van der Waals surface area contributed by atoms with Crippen LogP contribution in [0.4, 0.5) is 0 Å². The first-order chi connectivity index (χ1) is 12.6. The van der Waals surface area contributed by atoms with Gasteiger partial charge in [-0.05, 0) is 44.8 Å². The average Bonchev–Trinajstić information content (AvgIpc) is 2.66. The normalized spacial score (nSPS) is 21.2. The van der Waals surface area contributed by atoms with Gasteiger partial charge in [-0.3, -0.25) is 9.69 Å². The summed E-state index contributed by atoms with van der Waals surface area (Å²) in [6, 6.07) is 10.8. The van der Waals surface area contributed by atoms with Gasteiger partial charge in [-0.1, -0.05) is 30.3 Å². The summed E-state index contributed by atoms with van der Waals surface area (Å²) in [5, 5.41) is 0. The maximum Gasteiger partial charge on any atom is 0.248 e. The smallest absolute Gasteiger partial charge is 0.248 e. The second-order valence-corrected chi connectivity index (χ2v) is 7.82. The predicted molar refractivity (Wildman–Crippen MR) is 104 cm³/mol. The molecule has 2 fully saturated rings. The molecule has 1 aromatic rings. The van der Waals surface area contributed by atoms with E-state index in [-0.39, 0.29) is 18.1 Å². The highest BCUT2D eigenvalue weighted by Crippen LogP contribution is 2.31. The van der Waals surface area contributed by atoms with E-state index in [1.165, 1.54) is 12.0 Å². The van der Waals surface area contributed by atoms with Crippen molar-refractivity contribution in [2.75, 3.05) is 60.0 Å². The third-order valence-corrected chi connectivity index (χ3v) is 6.18. The monoisotopic (exact) mass is 359 g/mol. The molecule has 0 bridgehead atoms. The van der Waals surface area contributed by atoms with Gasteiger partial charge in [0.2, 0.25) is 5.91 Å². The van der Waals surface area contributed by atoms with Crippen LogP contribution in [0.5, 0.6) is 0 Å². The maximum absolute atomic E-state index is 12.1. The summed E-state index contributed by atoms with van der Waals surface area (Å²) in [4.78, 5) is 19.2. The summed E-state index contributed by atoms with van der Waals surface area (Å²) >= 11 is 0. The molecule has 5 nitrogen and oxygen atoms in total. The predicted octanol–water partition coefficient (Wildman–Crippen LogP) is 1.87. The number of nitrogens with zero attached hydrogens (tertiary/aromatic N) is 3. The molecule has 1 spiro atoms. The fourth-order valence-electron chi connectivity index (χ4n) is 4.41. The molecule has 0 unspecified atom stereocenters. The van der Waals surface area contributed by atoms with Gasteiger partial charge in [0.25, 0.3) is 0 Å². The first kappa shape index (κ1) is 19.3. The molecule has 26 heavy (non-hydrogen) atoms. The molecule has 3 rings (SSSR count). The number of carbonyl (C=O) groups excluding carboxylic acids is 1. The van der Waals surface area contributed by atoms with Crippen LogP contribution >= 0.6 is 0 Å². The van der Waals surface area contributed by atoms with Crippen molar-refractivity contribution in [1.82, 2.24) is 14.7 Å². The molecule has 0 atom stereocenters. The topological polar surface area (TPSA) is 36.0 Å². The van der Waals surface area contributed by atoms with E-state index < -0.39 is 0 Å². The summed E-state index contributed by atoms with van der Waals surface area (Å²) in [7, 11) is 3.85. The molecule has 2 aliphatic heterocycles. The average molecular weight is 360 g/mol. The highest BCUT2D eigenvalue weighted by Gasteiger charge is 2.42. The number of ether oxygens (including phenoxy) is 1. The van der Waals surface area contributed by atoms with Gasteiger partial charge in [0.1, 0.15) is 6.61 Å². The Morgan fingerprint density at radius 3 is 2.54 bits per heavy atom. The van der Waals surface area contributed by atoms with Gasteiger partial charge in [0.05, 0.1) is 0 Å². The Morgan fingerprint density at radius 1 is 1.12 bits per heavy atom. The summed E-state index contributed by atoms with van der Waals surface area (Å²) in [6.07, 6.45) is 4.49. The molecule has 0 saturated carbocycles. The van der Waals surface area contributed by atoms with Crippen LogP contribution in [0.15, 0.2) is 30.3 Å². The number of carbonyl (C=O) groups is 1. The van der Waals surface area contributed by atoms with Gasteiger partial charge in [0.15, 0.2) is 0 Å². The lowest BCUT2D eigenvalue weighted by Gasteiger charge is -2.53. The highest BCUT2D eigenvalue weighted by atomic mass is 16.5. The first-order valence-corrected chi connectivity index (χ1v) is 9.87. The van der Waals surface area contributed by atoms with Crippen LogP contribution in [0.2, 0.25) is 0 Å². The molecular formula is C21H33N3O2. The van der Waals surface area contributed by atoms with Crippen LogP contribution in [0.3, 0.4) is 0 Å². The number of likely N-dealkylation sites (N-methyl/N-ethyl adjacent to an activating group) is 1. The molecule has 0 radical (unpaired) electrons. The summed E-state index contributed by atoms with van der Waals surface area (Å²) in [5.74, 6) is 0.125. The first-order valence-electron chi connectivity index (χ1n) is 9.87. The highest BCUT2D eigenvalue weighted by molar-refractivity contribution is 5.77. The zero-order chi connectivity index (χ0) is 18.4. The Labute approximate surface area is 157 Å². The van der Waals surface area contributed by atoms with Crippen LogP contribution in [0, 0.1) is 0 Å². The molecule has 2 saturated heterocycles. The number of piperazine rings is 1. The van der Waals surface area contributed by atoms with Gasteiger partial charge in [-0.2, -0.15) is 0 Å². The fourth-order valence-corrected chi connectivity index (χ4v) is 4.41. The molecule has 144 valence electrons. The summed E-state index contributed by atoms with van der Waals surface area (Å²) < 4.78 is 5.00. The van der Waals surface area contributed by atoms with Gasteiger partial charge in [-0.15, -0.1) is 0 Å². The van der Waals surface area contributed by atoms with E-state index in [0.717, 1.165) is 58.5 Å². The van der Waals surface area contributed by atoms with Gasteiger partial charge in [0, 0.05) is 45.4 Å². The number of rotatable bonds is 6. The van der Waals surface area contributed by atoms with Gasteiger partial charge >= 0.3 is 0 Å². The maximum atomic E-state index is 12.1. The quantitative estimate of drug-likeness (QED) is 0.777. The molecule has 2 aliphatic rings. The second kappa shape index (κ2) is 8.98. The van der Waals surface area contributed by atoms with E-state index in [9.17, 15) is 4.79 Å². The number of hydrogen-bond acceptors (Lipinski definition) is 4. The second-order valence-electron chi connectivity index (χ2n) is 7.82. The van der Waals surface area contributed by atoms with Crippen molar-refractivity contribution in [1.29, 1.82) is 0 Å². The Kier molecular flexibility index (Phi) is 6.68. The molecule has 2 heterocycles. The lowest BCUT2D eigenvalue weighted by Crippen LogP contribution is -2.64.